The van der Waals surface area contributed by atoms with Crippen LogP contribution in [-0.2, 0) is 14.6 Å². The predicted molar refractivity (Wildman–Crippen MR) is 81.0 cm³/mol. The summed E-state index contributed by atoms with van der Waals surface area (Å²) in [6.45, 7) is 5.22. The van der Waals surface area contributed by atoms with Gasteiger partial charge in [-0.3, -0.25) is 4.79 Å². The molecule has 1 aromatic rings. The summed E-state index contributed by atoms with van der Waals surface area (Å²) in [5, 5.41) is 2.49. The molecule has 1 rings (SSSR count). The molecule has 1 N–H and O–H groups in total. The number of carbonyl (C=O) groups excluding carboxylic acids is 1. The van der Waals surface area contributed by atoms with Crippen molar-refractivity contribution in [1.29, 1.82) is 0 Å². The van der Waals surface area contributed by atoms with Crippen LogP contribution in [0.4, 0.5) is 8.78 Å². The summed E-state index contributed by atoms with van der Waals surface area (Å²) in [6.07, 6.45) is 0.360. The molecule has 0 aromatic heterocycles. The van der Waals surface area contributed by atoms with Gasteiger partial charge in [-0.15, -0.1) is 0 Å². The maximum Gasteiger partial charge on any atom is 0.235 e. The van der Waals surface area contributed by atoms with Crippen molar-refractivity contribution in [2.24, 2.45) is 5.92 Å². The quantitative estimate of drug-likeness (QED) is 0.834. The topological polar surface area (TPSA) is 63.2 Å². The van der Waals surface area contributed by atoms with Crippen LogP contribution in [0.1, 0.15) is 38.8 Å². The molecule has 0 fully saturated rings. The van der Waals surface area contributed by atoms with Crippen molar-refractivity contribution < 1.29 is 22.0 Å². The van der Waals surface area contributed by atoms with E-state index in [9.17, 15) is 22.0 Å². The number of hydrogen-bond acceptors (Lipinski definition) is 3. The number of rotatable bonds is 7. The lowest BCUT2D eigenvalue weighted by atomic mass is 10.0. The first-order valence-electron chi connectivity index (χ1n) is 7.09. The van der Waals surface area contributed by atoms with Gasteiger partial charge in [-0.2, -0.15) is 0 Å². The fraction of sp³-hybridized carbons (Fsp3) is 0.533. The average Bonchev–Trinajstić information content (AvgIpc) is 2.34. The molecule has 0 saturated carbocycles. The largest absolute Gasteiger partial charge is 0.348 e. The summed E-state index contributed by atoms with van der Waals surface area (Å²) < 4.78 is 50.2. The lowest BCUT2D eigenvalue weighted by Crippen LogP contribution is -2.35. The highest BCUT2D eigenvalue weighted by Crippen LogP contribution is 2.21. The molecule has 0 aliphatic heterocycles. The monoisotopic (exact) mass is 333 g/mol. The molecule has 0 heterocycles. The maximum absolute atomic E-state index is 13.7. The molecule has 0 unspecified atom stereocenters. The number of sulfone groups is 1. The number of halogens is 2. The van der Waals surface area contributed by atoms with Crippen molar-refractivity contribution in [2.75, 3.05) is 11.5 Å². The fourth-order valence-electron chi connectivity index (χ4n) is 2.19. The molecule has 0 bridgehead atoms. The second-order valence-electron chi connectivity index (χ2n) is 5.64. The van der Waals surface area contributed by atoms with Crippen molar-refractivity contribution >= 4 is 15.7 Å². The Morgan fingerprint density at radius 2 is 1.91 bits per heavy atom. The zero-order valence-electron chi connectivity index (χ0n) is 12.9. The van der Waals surface area contributed by atoms with E-state index in [-0.39, 0.29) is 17.2 Å². The Morgan fingerprint density at radius 1 is 1.27 bits per heavy atom. The number of hydrogen-bond donors (Lipinski definition) is 1. The van der Waals surface area contributed by atoms with Crippen LogP contribution >= 0.6 is 0 Å². The molecule has 1 aromatic carbocycles. The minimum atomic E-state index is -3.50. The highest BCUT2D eigenvalue weighted by molar-refractivity contribution is 7.92. The predicted octanol–water partition coefficient (Wildman–Crippen LogP) is 2.60. The Labute approximate surface area is 129 Å². The first-order chi connectivity index (χ1) is 10.1. The molecule has 1 amide bonds. The van der Waals surface area contributed by atoms with Gasteiger partial charge >= 0.3 is 0 Å². The second-order valence-corrected chi connectivity index (χ2v) is 7.75. The van der Waals surface area contributed by atoms with Crippen LogP contribution in [-0.4, -0.2) is 25.8 Å². The molecule has 7 heteroatoms. The van der Waals surface area contributed by atoms with E-state index in [2.05, 4.69) is 5.32 Å². The summed E-state index contributed by atoms with van der Waals surface area (Å²) >= 11 is 0. The number of benzene rings is 1. The van der Waals surface area contributed by atoms with E-state index in [4.69, 9.17) is 0 Å². The molecule has 4 nitrogen and oxygen atoms in total. The van der Waals surface area contributed by atoms with Gasteiger partial charge in [-0.25, -0.2) is 17.2 Å². The Morgan fingerprint density at radius 3 is 2.41 bits per heavy atom. The third-order valence-corrected chi connectivity index (χ3v) is 4.90. The maximum atomic E-state index is 13.7. The fourth-order valence-corrected chi connectivity index (χ4v) is 3.80. The van der Waals surface area contributed by atoms with Gasteiger partial charge in [0.25, 0.3) is 0 Å². The molecule has 124 valence electrons. The molecule has 0 aliphatic carbocycles. The van der Waals surface area contributed by atoms with Gasteiger partial charge in [0.05, 0.1) is 11.8 Å². The highest BCUT2D eigenvalue weighted by Gasteiger charge is 2.22. The van der Waals surface area contributed by atoms with Crippen molar-refractivity contribution in [3.63, 3.8) is 0 Å². The smallest absolute Gasteiger partial charge is 0.235 e. The highest BCUT2D eigenvalue weighted by atomic mass is 32.2. The minimum absolute atomic E-state index is 0.0747. The van der Waals surface area contributed by atoms with E-state index >= 15 is 0 Å². The van der Waals surface area contributed by atoms with Crippen molar-refractivity contribution in [3.05, 3.63) is 35.4 Å². The van der Waals surface area contributed by atoms with Crippen molar-refractivity contribution in [3.8, 4) is 0 Å². The summed E-state index contributed by atoms with van der Waals surface area (Å²) in [5.74, 6) is -2.95. The summed E-state index contributed by atoms with van der Waals surface area (Å²) in [7, 11) is -3.50. The standard InChI is InChI=1S/C15H21F2NO3S/c1-4-14(12-6-5-11(16)7-13(12)17)18-15(19)9-22(20,21)8-10(2)3/h5-7,10,14H,4,8-9H2,1-3H3,(H,18,19)/t14-/m0/s1. The second kappa shape index (κ2) is 7.67. The van der Waals surface area contributed by atoms with Gasteiger partial charge in [-0.05, 0) is 18.4 Å². The first-order valence-corrected chi connectivity index (χ1v) is 8.91. The zero-order valence-corrected chi connectivity index (χ0v) is 13.7. The Hall–Kier alpha value is -1.50. The molecule has 22 heavy (non-hydrogen) atoms. The molecule has 1 atom stereocenters. The molecule has 0 radical (unpaired) electrons. The molecular formula is C15H21F2NO3S. The average molecular weight is 333 g/mol. The van der Waals surface area contributed by atoms with Crippen LogP contribution < -0.4 is 5.32 Å². The lowest BCUT2D eigenvalue weighted by molar-refractivity contribution is -0.119. The molecule has 0 spiro atoms. The number of carbonyl (C=O) groups is 1. The third kappa shape index (κ3) is 5.71. The lowest BCUT2D eigenvalue weighted by Gasteiger charge is -2.18. The summed E-state index contributed by atoms with van der Waals surface area (Å²) in [5.41, 5.74) is 0.138. The van der Waals surface area contributed by atoms with Crippen LogP contribution in [0.3, 0.4) is 0 Å². The van der Waals surface area contributed by atoms with E-state index in [1.54, 1.807) is 20.8 Å². The number of amides is 1. The summed E-state index contributed by atoms with van der Waals surface area (Å²) in [4.78, 5) is 11.9. The Bertz CT molecular complexity index is 630. The SMILES string of the molecule is CC[C@H](NC(=O)CS(=O)(=O)CC(C)C)c1ccc(F)cc1F. The van der Waals surface area contributed by atoms with Crippen LogP contribution in [0, 0.1) is 17.6 Å². The van der Waals surface area contributed by atoms with E-state index in [0.717, 1.165) is 12.1 Å². The van der Waals surface area contributed by atoms with Crippen molar-refractivity contribution in [1.82, 2.24) is 5.32 Å². The van der Waals surface area contributed by atoms with Crippen LogP contribution in [0.2, 0.25) is 0 Å². The van der Waals surface area contributed by atoms with Gasteiger partial charge < -0.3 is 5.32 Å². The minimum Gasteiger partial charge on any atom is -0.348 e. The van der Waals surface area contributed by atoms with Gasteiger partial charge in [0, 0.05) is 11.6 Å². The first kappa shape index (κ1) is 18.5. The Balaban J connectivity index is 2.80. The van der Waals surface area contributed by atoms with Crippen LogP contribution in [0.15, 0.2) is 18.2 Å². The van der Waals surface area contributed by atoms with E-state index in [0.29, 0.717) is 6.42 Å². The van der Waals surface area contributed by atoms with E-state index < -0.39 is 39.2 Å². The van der Waals surface area contributed by atoms with Crippen molar-refractivity contribution in [2.45, 2.75) is 33.2 Å². The van der Waals surface area contributed by atoms with E-state index in [1.165, 1.54) is 6.07 Å². The van der Waals surface area contributed by atoms with E-state index in [1.807, 2.05) is 0 Å². The normalized spacial score (nSPS) is 13.2. The number of nitrogens with one attached hydrogen (secondary N) is 1. The van der Waals surface area contributed by atoms with Crippen LogP contribution in [0.5, 0.6) is 0 Å². The van der Waals surface area contributed by atoms with Gasteiger partial charge in [-0.1, -0.05) is 26.8 Å². The molecule has 0 saturated heterocycles. The van der Waals surface area contributed by atoms with Gasteiger partial charge in [0.15, 0.2) is 9.84 Å². The summed E-state index contributed by atoms with van der Waals surface area (Å²) in [6, 6.07) is 2.40. The molecule has 0 aliphatic rings. The molecular weight excluding hydrogens is 312 g/mol. The van der Waals surface area contributed by atoms with Crippen LogP contribution in [0.25, 0.3) is 0 Å². The Kier molecular flexibility index (Phi) is 6.47. The van der Waals surface area contributed by atoms with Gasteiger partial charge in [0.2, 0.25) is 5.91 Å². The zero-order chi connectivity index (χ0) is 16.9. The third-order valence-electron chi connectivity index (χ3n) is 3.02. The van der Waals surface area contributed by atoms with Gasteiger partial charge in [0.1, 0.15) is 17.4 Å².